The second kappa shape index (κ2) is 9.67. The first-order valence-electron chi connectivity index (χ1n) is 6.19. The van der Waals surface area contributed by atoms with Crippen molar-refractivity contribution >= 4 is 46.6 Å². The van der Waals surface area contributed by atoms with Crippen molar-refractivity contribution in [2.45, 2.75) is 34.1 Å². The van der Waals surface area contributed by atoms with Gasteiger partial charge in [0, 0.05) is 18.0 Å². The van der Waals surface area contributed by atoms with Gasteiger partial charge in [-0.1, -0.05) is 36.9 Å². The number of nitrogens with zero attached hydrogens (tertiary/aromatic N) is 1. The van der Waals surface area contributed by atoms with Crippen molar-refractivity contribution in [2.24, 2.45) is 4.99 Å². The van der Waals surface area contributed by atoms with Gasteiger partial charge in [0.25, 0.3) is 0 Å². The lowest BCUT2D eigenvalue weighted by molar-refractivity contribution is 1.11. The lowest BCUT2D eigenvalue weighted by Gasteiger charge is -2.14. The summed E-state index contributed by atoms with van der Waals surface area (Å²) < 4.78 is 0. The lowest BCUT2D eigenvalue weighted by Crippen LogP contribution is -2.11. The lowest BCUT2D eigenvalue weighted by atomic mass is 10.1. The normalized spacial score (nSPS) is 11.0. The van der Waals surface area contributed by atoms with Crippen LogP contribution in [0.2, 0.25) is 0 Å². The molecule has 0 heterocycles. The van der Waals surface area contributed by atoms with Gasteiger partial charge in [-0.25, -0.2) is 0 Å². The van der Waals surface area contributed by atoms with E-state index in [9.17, 15) is 0 Å². The van der Waals surface area contributed by atoms with Crippen LogP contribution < -0.4 is 5.32 Å². The maximum absolute atomic E-state index is 4.51. The van der Waals surface area contributed by atoms with E-state index in [4.69, 9.17) is 0 Å². The molecule has 0 spiro atoms. The monoisotopic (exact) mass is 378 g/mol. The molecule has 0 bridgehead atoms. The van der Waals surface area contributed by atoms with Crippen LogP contribution in [-0.4, -0.2) is 17.5 Å². The first-order valence-corrected chi connectivity index (χ1v) is 7.18. The summed E-state index contributed by atoms with van der Waals surface area (Å²) in [5, 5.41) is 4.50. The molecule has 2 nitrogen and oxygen atoms in total. The van der Waals surface area contributed by atoms with Gasteiger partial charge >= 0.3 is 0 Å². The zero-order chi connectivity index (χ0) is 12.7. The highest BCUT2D eigenvalue weighted by Gasteiger charge is 2.05. The molecule has 102 valence electrons. The molecule has 0 aromatic heterocycles. The number of halogens is 1. The summed E-state index contributed by atoms with van der Waals surface area (Å²) in [6.07, 6.45) is 1.17. The van der Waals surface area contributed by atoms with E-state index in [1.165, 1.54) is 23.2 Å². The molecule has 1 N–H and O–H groups in total. The number of aliphatic imine (C=N–C) groups is 1. The summed E-state index contributed by atoms with van der Waals surface area (Å²) in [6, 6.07) is 6.35. The third-order valence-corrected chi connectivity index (χ3v) is 3.57. The van der Waals surface area contributed by atoms with Crippen molar-refractivity contribution in [3.05, 3.63) is 29.3 Å². The Hall–Kier alpha value is -0.230. The Morgan fingerprint density at radius 2 is 1.83 bits per heavy atom. The van der Waals surface area contributed by atoms with Gasteiger partial charge in [0.1, 0.15) is 0 Å². The summed E-state index contributed by atoms with van der Waals surface area (Å²) in [6.45, 7) is 9.34. The standard InChI is InChI=1S/C14H22N2S.HI/c1-5-10-17-14(15-6-2)16-13-11(3)8-7-9-12(13)4;/h7-9H,5-6,10H2,1-4H3,(H,15,16);1H. The Balaban J connectivity index is 0.00000289. The Kier molecular flexibility index (Phi) is 9.54. The minimum Gasteiger partial charge on any atom is -0.335 e. The Bertz CT molecular complexity index is 371. The average molecular weight is 378 g/mol. The van der Waals surface area contributed by atoms with Crippen molar-refractivity contribution in [3.8, 4) is 0 Å². The number of aryl methyl sites for hydroxylation is 2. The average Bonchev–Trinajstić information content (AvgIpc) is 2.31. The maximum atomic E-state index is 4.51. The molecular weight excluding hydrogens is 355 g/mol. The van der Waals surface area contributed by atoms with Gasteiger partial charge in [0.05, 0.1) is 0 Å². The van der Waals surface area contributed by atoms with Crippen molar-refractivity contribution in [3.63, 3.8) is 0 Å². The molecule has 0 aliphatic rings. The van der Waals surface area contributed by atoms with E-state index in [0.29, 0.717) is 0 Å². The fourth-order valence-electron chi connectivity index (χ4n) is 1.58. The van der Waals surface area contributed by atoms with Crippen LogP contribution in [0.25, 0.3) is 0 Å². The third-order valence-electron chi connectivity index (χ3n) is 2.46. The SMILES string of the molecule is CCCSC(=NCC)Nc1c(C)cccc1C.I. The second-order valence-corrected chi connectivity index (χ2v) is 5.10. The quantitative estimate of drug-likeness (QED) is 0.460. The number of amidine groups is 1. The molecular formula is C14H23IN2S. The van der Waals surface area contributed by atoms with Crippen molar-refractivity contribution in [1.29, 1.82) is 0 Å². The fraction of sp³-hybridized carbons (Fsp3) is 0.500. The van der Waals surface area contributed by atoms with Crippen molar-refractivity contribution in [2.75, 3.05) is 17.6 Å². The number of rotatable bonds is 4. The highest BCUT2D eigenvalue weighted by atomic mass is 127. The first kappa shape index (κ1) is 17.8. The molecule has 18 heavy (non-hydrogen) atoms. The first-order chi connectivity index (χ1) is 8.19. The number of para-hydroxylation sites is 1. The summed E-state index contributed by atoms with van der Waals surface area (Å²) in [4.78, 5) is 4.51. The molecule has 0 aliphatic heterocycles. The highest BCUT2D eigenvalue weighted by molar-refractivity contribution is 14.0. The molecule has 0 atom stereocenters. The molecule has 0 saturated carbocycles. The number of nitrogens with one attached hydrogen (secondary N) is 1. The smallest absolute Gasteiger partial charge is 0.161 e. The van der Waals surface area contributed by atoms with Gasteiger partial charge in [0.2, 0.25) is 0 Å². The third kappa shape index (κ3) is 5.61. The van der Waals surface area contributed by atoms with Gasteiger partial charge in [-0.05, 0) is 38.3 Å². The van der Waals surface area contributed by atoms with Crippen molar-refractivity contribution in [1.82, 2.24) is 0 Å². The van der Waals surface area contributed by atoms with Crippen LogP contribution in [0.15, 0.2) is 23.2 Å². The van der Waals surface area contributed by atoms with Gasteiger partial charge in [-0.3, -0.25) is 4.99 Å². The highest BCUT2D eigenvalue weighted by Crippen LogP contribution is 2.21. The maximum Gasteiger partial charge on any atom is 0.161 e. The number of thioether (sulfide) groups is 1. The molecule has 0 unspecified atom stereocenters. The Morgan fingerprint density at radius 1 is 1.22 bits per heavy atom. The number of hydrogen-bond acceptors (Lipinski definition) is 2. The van der Waals surface area contributed by atoms with Crippen LogP contribution in [0.1, 0.15) is 31.4 Å². The van der Waals surface area contributed by atoms with E-state index in [1.54, 1.807) is 11.8 Å². The number of anilines is 1. The molecule has 4 heteroatoms. The molecule has 0 saturated heterocycles. The largest absolute Gasteiger partial charge is 0.335 e. The molecule has 0 radical (unpaired) electrons. The van der Waals surface area contributed by atoms with E-state index in [1.807, 2.05) is 0 Å². The predicted octanol–water partition coefficient (Wildman–Crippen LogP) is 4.85. The van der Waals surface area contributed by atoms with Crippen LogP contribution in [0.5, 0.6) is 0 Å². The zero-order valence-corrected chi connectivity index (χ0v) is 14.8. The van der Waals surface area contributed by atoms with E-state index >= 15 is 0 Å². The molecule has 0 aliphatic carbocycles. The predicted molar refractivity (Wildman–Crippen MR) is 95.7 cm³/mol. The van der Waals surface area contributed by atoms with Crippen molar-refractivity contribution < 1.29 is 0 Å². The van der Waals surface area contributed by atoms with E-state index in [-0.39, 0.29) is 24.0 Å². The molecule has 1 aromatic rings. The second-order valence-electron chi connectivity index (χ2n) is 4.02. The Labute approximate surface area is 132 Å². The van der Waals surface area contributed by atoms with Crippen LogP contribution in [0, 0.1) is 13.8 Å². The summed E-state index contributed by atoms with van der Waals surface area (Å²) in [5.41, 5.74) is 3.74. The van der Waals surface area contributed by atoms with Crippen LogP contribution in [0.3, 0.4) is 0 Å². The minimum absolute atomic E-state index is 0. The van der Waals surface area contributed by atoms with E-state index in [0.717, 1.165) is 17.5 Å². The fourth-order valence-corrected chi connectivity index (χ4v) is 2.37. The molecule has 0 fully saturated rings. The van der Waals surface area contributed by atoms with Gasteiger partial charge in [-0.2, -0.15) is 0 Å². The van der Waals surface area contributed by atoms with Crippen LogP contribution >= 0.6 is 35.7 Å². The van der Waals surface area contributed by atoms with Gasteiger partial charge < -0.3 is 5.32 Å². The van der Waals surface area contributed by atoms with E-state index in [2.05, 4.69) is 56.2 Å². The van der Waals surface area contributed by atoms with E-state index < -0.39 is 0 Å². The van der Waals surface area contributed by atoms with Crippen LogP contribution in [-0.2, 0) is 0 Å². The molecule has 0 amide bonds. The van der Waals surface area contributed by atoms with Gasteiger partial charge in [0.15, 0.2) is 5.17 Å². The number of hydrogen-bond donors (Lipinski definition) is 1. The van der Waals surface area contributed by atoms with Gasteiger partial charge in [-0.15, -0.1) is 24.0 Å². The minimum atomic E-state index is 0. The molecule has 1 aromatic carbocycles. The molecule has 1 rings (SSSR count). The number of benzene rings is 1. The summed E-state index contributed by atoms with van der Waals surface area (Å²) >= 11 is 1.80. The summed E-state index contributed by atoms with van der Waals surface area (Å²) in [7, 11) is 0. The topological polar surface area (TPSA) is 24.4 Å². The van der Waals surface area contributed by atoms with Crippen LogP contribution in [0.4, 0.5) is 5.69 Å². The zero-order valence-electron chi connectivity index (χ0n) is 11.6. The summed E-state index contributed by atoms with van der Waals surface area (Å²) in [5.74, 6) is 1.11. The Morgan fingerprint density at radius 3 is 2.33 bits per heavy atom.